The molecule has 1 aliphatic heterocycles. The van der Waals surface area contributed by atoms with Gasteiger partial charge in [-0.3, -0.25) is 14.8 Å². The van der Waals surface area contributed by atoms with Crippen molar-refractivity contribution in [2.24, 2.45) is 7.05 Å². The topological polar surface area (TPSA) is 89.7 Å². The van der Waals surface area contributed by atoms with Gasteiger partial charge < -0.3 is 5.32 Å². The SMILES string of the molecule is Cl.Cn1nc(C2CCNCC2)nc1NC(=O)c1ccn(C2CCCC2)n1. The second-order valence-corrected chi connectivity index (χ2v) is 7.01. The first-order chi connectivity index (χ1) is 12.2. The van der Waals surface area contributed by atoms with E-state index in [0.29, 0.717) is 23.6 Å². The van der Waals surface area contributed by atoms with Gasteiger partial charge in [0.25, 0.3) is 5.91 Å². The summed E-state index contributed by atoms with van der Waals surface area (Å²) >= 11 is 0. The van der Waals surface area contributed by atoms with Gasteiger partial charge >= 0.3 is 0 Å². The second kappa shape index (κ2) is 8.18. The summed E-state index contributed by atoms with van der Waals surface area (Å²) in [4.78, 5) is 17.0. The van der Waals surface area contributed by atoms with Crippen molar-refractivity contribution < 1.29 is 4.79 Å². The summed E-state index contributed by atoms with van der Waals surface area (Å²) in [5.74, 6) is 1.42. The number of halogens is 1. The monoisotopic (exact) mass is 379 g/mol. The van der Waals surface area contributed by atoms with Gasteiger partial charge in [0.1, 0.15) is 0 Å². The lowest BCUT2D eigenvalue weighted by molar-refractivity contribution is 0.102. The maximum atomic E-state index is 12.5. The smallest absolute Gasteiger partial charge is 0.278 e. The van der Waals surface area contributed by atoms with E-state index in [1.807, 2.05) is 17.9 Å². The van der Waals surface area contributed by atoms with E-state index in [-0.39, 0.29) is 18.3 Å². The van der Waals surface area contributed by atoms with Crippen LogP contribution in [0.5, 0.6) is 0 Å². The number of carbonyl (C=O) groups is 1. The maximum absolute atomic E-state index is 12.5. The van der Waals surface area contributed by atoms with E-state index in [0.717, 1.165) is 44.6 Å². The van der Waals surface area contributed by atoms with Gasteiger partial charge in [-0.2, -0.15) is 15.2 Å². The number of piperidine rings is 1. The van der Waals surface area contributed by atoms with Gasteiger partial charge in [0.15, 0.2) is 11.5 Å². The van der Waals surface area contributed by atoms with Crippen LogP contribution in [0.2, 0.25) is 0 Å². The molecule has 0 bridgehead atoms. The molecule has 4 rings (SSSR count). The molecule has 1 aliphatic carbocycles. The Bertz CT molecular complexity index is 744. The largest absolute Gasteiger partial charge is 0.317 e. The molecule has 3 heterocycles. The van der Waals surface area contributed by atoms with Crippen molar-refractivity contribution in [1.82, 2.24) is 29.9 Å². The minimum atomic E-state index is -0.232. The lowest BCUT2D eigenvalue weighted by atomic mass is 9.98. The number of rotatable bonds is 4. The molecule has 142 valence electrons. The van der Waals surface area contributed by atoms with Gasteiger partial charge in [0, 0.05) is 19.2 Å². The molecule has 2 fully saturated rings. The van der Waals surface area contributed by atoms with Gasteiger partial charge in [0.05, 0.1) is 6.04 Å². The first-order valence-corrected chi connectivity index (χ1v) is 9.19. The van der Waals surface area contributed by atoms with E-state index < -0.39 is 0 Å². The van der Waals surface area contributed by atoms with Gasteiger partial charge in [0.2, 0.25) is 5.95 Å². The average molecular weight is 380 g/mol. The molecule has 0 aromatic carbocycles. The molecule has 2 aromatic heterocycles. The molecule has 2 aromatic rings. The number of aryl methyl sites for hydroxylation is 1. The van der Waals surface area contributed by atoms with Crippen molar-refractivity contribution in [2.75, 3.05) is 18.4 Å². The van der Waals surface area contributed by atoms with Crippen molar-refractivity contribution in [3.63, 3.8) is 0 Å². The van der Waals surface area contributed by atoms with Crippen molar-refractivity contribution in [1.29, 1.82) is 0 Å². The molecular weight excluding hydrogens is 354 g/mol. The summed E-state index contributed by atoms with van der Waals surface area (Å²) < 4.78 is 3.57. The van der Waals surface area contributed by atoms with E-state index >= 15 is 0 Å². The van der Waals surface area contributed by atoms with Crippen LogP contribution < -0.4 is 10.6 Å². The number of amides is 1. The molecular formula is C17H26ClN7O. The number of nitrogens with one attached hydrogen (secondary N) is 2. The van der Waals surface area contributed by atoms with Crippen molar-refractivity contribution in [3.8, 4) is 0 Å². The molecule has 0 unspecified atom stereocenters. The number of hydrogen-bond acceptors (Lipinski definition) is 5. The number of hydrogen-bond donors (Lipinski definition) is 2. The number of anilines is 1. The standard InChI is InChI=1S/C17H25N7O.ClH/c1-23-17(19-15(22-23)12-6-9-18-10-7-12)20-16(25)14-8-11-24(21-14)13-4-2-3-5-13;/h8,11-13,18H,2-7,9-10H2,1H3,(H,19,20,22,25);1H. The predicted octanol–water partition coefficient (Wildman–Crippen LogP) is 2.27. The summed E-state index contributed by atoms with van der Waals surface area (Å²) in [6, 6.07) is 2.21. The number of nitrogens with zero attached hydrogens (tertiary/aromatic N) is 5. The molecule has 9 heteroatoms. The van der Waals surface area contributed by atoms with Crippen LogP contribution in [-0.2, 0) is 7.05 Å². The molecule has 0 radical (unpaired) electrons. The highest BCUT2D eigenvalue weighted by molar-refractivity contribution is 6.01. The Morgan fingerprint density at radius 1 is 1.19 bits per heavy atom. The van der Waals surface area contributed by atoms with Crippen LogP contribution in [0.15, 0.2) is 12.3 Å². The van der Waals surface area contributed by atoms with Crippen LogP contribution >= 0.6 is 12.4 Å². The molecule has 26 heavy (non-hydrogen) atoms. The number of aromatic nitrogens is 5. The summed E-state index contributed by atoms with van der Waals surface area (Å²) in [6.45, 7) is 1.98. The van der Waals surface area contributed by atoms with E-state index in [9.17, 15) is 4.79 Å². The van der Waals surface area contributed by atoms with E-state index in [4.69, 9.17) is 0 Å². The fourth-order valence-electron chi connectivity index (χ4n) is 3.76. The molecule has 1 saturated carbocycles. The minimum absolute atomic E-state index is 0. The third-order valence-electron chi connectivity index (χ3n) is 5.25. The van der Waals surface area contributed by atoms with Crippen LogP contribution in [-0.4, -0.2) is 43.5 Å². The van der Waals surface area contributed by atoms with Crippen molar-refractivity contribution in [2.45, 2.75) is 50.5 Å². The van der Waals surface area contributed by atoms with E-state index in [1.165, 1.54) is 12.8 Å². The Balaban J connectivity index is 0.00000196. The lowest BCUT2D eigenvalue weighted by Gasteiger charge is -2.19. The van der Waals surface area contributed by atoms with Crippen LogP contribution in [0.3, 0.4) is 0 Å². The number of carbonyl (C=O) groups excluding carboxylic acids is 1. The molecule has 8 nitrogen and oxygen atoms in total. The Morgan fingerprint density at radius 3 is 2.65 bits per heavy atom. The molecule has 2 aliphatic rings. The Kier molecular flexibility index (Phi) is 5.93. The average Bonchev–Trinajstić information content (AvgIpc) is 3.36. The quantitative estimate of drug-likeness (QED) is 0.850. The maximum Gasteiger partial charge on any atom is 0.278 e. The van der Waals surface area contributed by atoms with Gasteiger partial charge in [-0.1, -0.05) is 12.8 Å². The predicted molar refractivity (Wildman–Crippen MR) is 101 cm³/mol. The molecule has 1 saturated heterocycles. The summed E-state index contributed by atoms with van der Waals surface area (Å²) in [7, 11) is 1.81. The van der Waals surface area contributed by atoms with E-state index in [1.54, 1.807) is 10.7 Å². The summed E-state index contributed by atoms with van der Waals surface area (Å²) in [5, 5.41) is 15.1. The first-order valence-electron chi connectivity index (χ1n) is 9.19. The zero-order valence-corrected chi connectivity index (χ0v) is 15.8. The molecule has 0 atom stereocenters. The van der Waals surface area contributed by atoms with Crippen LogP contribution in [0.4, 0.5) is 5.95 Å². The Morgan fingerprint density at radius 2 is 1.92 bits per heavy atom. The Hall–Kier alpha value is -1.93. The second-order valence-electron chi connectivity index (χ2n) is 7.01. The highest BCUT2D eigenvalue weighted by atomic mass is 35.5. The fraction of sp³-hybridized carbons (Fsp3) is 0.647. The van der Waals surface area contributed by atoms with Gasteiger partial charge in [-0.25, -0.2) is 4.68 Å². The van der Waals surface area contributed by atoms with Crippen molar-refractivity contribution >= 4 is 24.3 Å². The summed E-state index contributed by atoms with van der Waals surface area (Å²) in [6.07, 6.45) is 8.74. The fourth-order valence-corrected chi connectivity index (χ4v) is 3.76. The molecule has 2 N–H and O–H groups in total. The summed E-state index contributed by atoms with van der Waals surface area (Å²) in [5.41, 5.74) is 0.429. The zero-order valence-electron chi connectivity index (χ0n) is 15.0. The van der Waals surface area contributed by atoms with Crippen LogP contribution in [0, 0.1) is 0 Å². The van der Waals surface area contributed by atoms with Crippen LogP contribution in [0.25, 0.3) is 0 Å². The lowest BCUT2D eigenvalue weighted by Crippen LogP contribution is -2.27. The van der Waals surface area contributed by atoms with E-state index in [2.05, 4.69) is 25.8 Å². The van der Waals surface area contributed by atoms with Gasteiger partial charge in [-0.15, -0.1) is 12.4 Å². The Labute approximate surface area is 159 Å². The van der Waals surface area contributed by atoms with Gasteiger partial charge in [-0.05, 0) is 44.8 Å². The highest BCUT2D eigenvalue weighted by Gasteiger charge is 2.23. The van der Waals surface area contributed by atoms with Crippen LogP contribution in [0.1, 0.15) is 66.8 Å². The molecule has 1 amide bonds. The zero-order chi connectivity index (χ0) is 17.2. The van der Waals surface area contributed by atoms with Crippen molar-refractivity contribution in [3.05, 3.63) is 23.8 Å². The third kappa shape index (κ3) is 3.91. The molecule has 0 spiro atoms. The first kappa shape index (κ1) is 18.8. The normalized spacial score (nSPS) is 18.7. The third-order valence-corrected chi connectivity index (χ3v) is 5.25. The minimum Gasteiger partial charge on any atom is -0.317 e. The highest BCUT2D eigenvalue weighted by Crippen LogP contribution is 2.28.